The van der Waals surface area contributed by atoms with Gasteiger partial charge in [-0.1, -0.05) is 26.0 Å². The first kappa shape index (κ1) is 24.8. The number of carbonyl (C=O) groups excluding carboxylic acids is 1. The highest BCUT2D eigenvalue weighted by atomic mass is 32.2. The normalized spacial score (nSPS) is 11.5. The second-order valence-electron chi connectivity index (χ2n) is 6.92. The number of ether oxygens (including phenoxy) is 2. The van der Waals surface area contributed by atoms with Gasteiger partial charge < -0.3 is 14.8 Å². The van der Waals surface area contributed by atoms with Crippen molar-refractivity contribution in [3.8, 4) is 5.75 Å². The maximum absolute atomic E-state index is 12.9. The lowest BCUT2D eigenvalue weighted by Crippen LogP contribution is -2.32. The van der Waals surface area contributed by atoms with Crippen molar-refractivity contribution in [2.24, 2.45) is 0 Å². The first-order chi connectivity index (χ1) is 14.9. The number of anilines is 1. The predicted molar refractivity (Wildman–Crippen MR) is 122 cm³/mol. The number of carbonyl (C=O) groups is 1. The lowest BCUT2D eigenvalue weighted by atomic mass is 10.2. The van der Waals surface area contributed by atoms with E-state index in [2.05, 4.69) is 5.32 Å². The molecule has 0 heterocycles. The zero-order valence-corrected chi connectivity index (χ0v) is 19.3. The smallest absolute Gasteiger partial charge is 0.259 e. The van der Waals surface area contributed by atoms with Crippen LogP contribution in [0.4, 0.5) is 5.69 Å². The quantitative estimate of drug-likeness (QED) is 0.465. The van der Waals surface area contributed by atoms with Crippen LogP contribution in [0.1, 0.15) is 44.0 Å². The van der Waals surface area contributed by atoms with Crippen molar-refractivity contribution in [1.82, 2.24) is 4.31 Å². The summed E-state index contributed by atoms with van der Waals surface area (Å²) in [5, 5.41) is 2.80. The monoisotopic (exact) mass is 448 g/mol. The molecule has 2 aromatic rings. The van der Waals surface area contributed by atoms with Crippen molar-refractivity contribution < 1.29 is 22.7 Å². The molecule has 31 heavy (non-hydrogen) atoms. The van der Waals surface area contributed by atoms with E-state index >= 15 is 0 Å². The fraction of sp³-hybridized carbons (Fsp3) is 0.435. The molecule has 2 rings (SSSR count). The number of para-hydroxylation sites is 1. The molecule has 2 aromatic carbocycles. The summed E-state index contributed by atoms with van der Waals surface area (Å²) < 4.78 is 38.2. The highest BCUT2D eigenvalue weighted by molar-refractivity contribution is 7.89. The molecule has 8 heteroatoms. The minimum Gasteiger partial charge on any atom is -0.490 e. The fourth-order valence-electron chi connectivity index (χ4n) is 3.04. The number of nitrogens with zero attached hydrogens (tertiary/aromatic N) is 1. The standard InChI is InChI=1S/C23H32N2O5S/c1-4-15-25(16-5-2)31(27,28)20-13-11-19(12-14-20)24-23(26)21-9-7-8-10-22(21)30-18-17-29-6-3/h7-14H,4-6,15-18H2,1-3H3,(H,24,26). The third-order valence-electron chi connectivity index (χ3n) is 4.52. The van der Waals surface area contributed by atoms with Crippen LogP contribution in [0.5, 0.6) is 5.75 Å². The molecule has 0 aliphatic heterocycles. The van der Waals surface area contributed by atoms with Crippen LogP contribution in [-0.4, -0.2) is 51.5 Å². The zero-order chi connectivity index (χ0) is 22.7. The molecular formula is C23H32N2O5S. The van der Waals surface area contributed by atoms with E-state index in [-0.39, 0.29) is 10.8 Å². The lowest BCUT2D eigenvalue weighted by Gasteiger charge is -2.21. The van der Waals surface area contributed by atoms with Gasteiger partial charge in [-0.3, -0.25) is 4.79 Å². The van der Waals surface area contributed by atoms with Crippen LogP contribution in [0.25, 0.3) is 0 Å². The molecule has 0 saturated heterocycles. The third kappa shape index (κ3) is 7.05. The van der Waals surface area contributed by atoms with Gasteiger partial charge in [0.15, 0.2) is 0 Å². The van der Waals surface area contributed by atoms with Crippen LogP contribution >= 0.6 is 0 Å². The van der Waals surface area contributed by atoms with Gasteiger partial charge in [0.05, 0.1) is 17.1 Å². The molecule has 0 fully saturated rings. The van der Waals surface area contributed by atoms with Gasteiger partial charge in [-0.05, 0) is 56.2 Å². The van der Waals surface area contributed by atoms with Crippen LogP contribution in [0, 0.1) is 0 Å². The largest absolute Gasteiger partial charge is 0.490 e. The maximum Gasteiger partial charge on any atom is 0.259 e. The van der Waals surface area contributed by atoms with E-state index < -0.39 is 10.0 Å². The van der Waals surface area contributed by atoms with Crippen molar-refractivity contribution in [2.45, 2.75) is 38.5 Å². The SMILES string of the molecule is CCCN(CCC)S(=O)(=O)c1ccc(NC(=O)c2ccccc2OCCOCC)cc1. The minimum atomic E-state index is -3.56. The number of hydrogen-bond acceptors (Lipinski definition) is 5. The maximum atomic E-state index is 12.9. The number of sulfonamides is 1. The third-order valence-corrected chi connectivity index (χ3v) is 6.43. The van der Waals surface area contributed by atoms with Crippen molar-refractivity contribution >= 4 is 21.6 Å². The molecule has 0 atom stereocenters. The number of hydrogen-bond donors (Lipinski definition) is 1. The van der Waals surface area contributed by atoms with Crippen molar-refractivity contribution in [2.75, 3.05) is 38.2 Å². The molecule has 0 spiro atoms. The summed E-state index contributed by atoms with van der Waals surface area (Å²) in [4.78, 5) is 13.0. The van der Waals surface area contributed by atoms with E-state index in [1.807, 2.05) is 20.8 Å². The van der Waals surface area contributed by atoms with Gasteiger partial charge in [0, 0.05) is 25.4 Å². The van der Waals surface area contributed by atoms with Gasteiger partial charge in [0.2, 0.25) is 10.0 Å². The molecule has 0 aromatic heterocycles. The molecule has 0 unspecified atom stereocenters. The zero-order valence-electron chi connectivity index (χ0n) is 18.5. The Labute approximate surface area is 185 Å². The van der Waals surface area contributed by atoms with Crippen LogP contribution in [0.2, 0.25) is 0 Å². The van der Waals surface area contributed by atoms with E-state index in [9.17, 15) is 13.2 Å². The van der Waals surface area contributed by atoms with Crippen molar-refractivity contribution in [3.05, 3.63) is 54.1 Å². The predicted octanol–water partition coefficient (Wildman–Crippen LogP) is 4.16. The van der Waals surface area contributed by atoms with Crippen LogP contribution in [-0.2, 0) is 14.8 Å². The molecular weight excluding hydrogens is 416 g/mol. The fourth-order valence-corrected chi connectivity index (χ4v) is 4.67. The molecule has 7 nitrogen and oxygen atoms in total. The molecule has 1 N–H and O–H groups in total. The second kappa shape index (κ2) is 12.4. The molecule has 170 valence electrons. The van der Waals surface area contributed by atoms with Crippen molar-refractivity contribution in [3.63, 3.8) is 0 Å². The second-order valence-corrected chi connectivity index (χ2v) is 8.86. The van der Waals surface area contributed by atoms with E-state index in [0.717, 1.165) is 12.8 Å². The molecule has 0 saturated carbocycles. The Balaban J connectivity index is 2.10. The van der Waals surface area contributed by atoms with Gasteiger partial charge in [-0.15, -0.1) is 0 Å². The van der Waals surface area contributed by atoms with Crippen LogP contribution < -0.4 is 10.1 Å². The van der Waals surface area contributed by atoms with Gasteiger partial charge in [0.1, 0.15) is 12.4 Å². The van der Waals surface area contributed by atoms with E-state index in [1.165, 1.54) is 16.4 Å². The number of nitrogens with one attached hydrogen (secondary N) is 1. The van der Waals surface area contributed by atoms with Gasteiger partial charge in [0.25, 0.3) is 5.91 Å². The van der Waals surface area contributed by atoms with Gasteiger partial charge in [-0.2, -0.15) is 4.31 Å². The molecule has 1 amide bonds. The highest BCUT2D eigenvalue weighted by Crippen LogP contribution is 2.22. The van der Waals surface area contributed by atoms with E-state index in [4.69, 9.17) is 9.47 Å². The Morgan fingerprint density at radius 2 is 1.58 bits per heavy atom. The number of amides is 1. The van der Waals surface area contributed by atoms with E-state index in [0.29, 0.717) is 49.9 Å². The Morgan fingerprint density at radius 1 is 0.935 bits per heavy atom. The highest BCUT2D eigenvalue weighted by Gasteiger charge is 2.23. The average molecular weight is 449 g/mol. The Bertz CT molecular complexity index is 923. The van der Waals surface area contributed by atoms with Crippen LogP contribution in [0.15, 0.2) is 53.4 Å². The Hall–Kier alpha value is -2.42. The minimum absolute atomic E-state index is 0.215. The first-order valence-corrected chi connectivity index (χ1v) is 12.1. The summed E-state index contributed by atoms with van der Waals surface area (Å²) in [5.41, 5.74) is 0.901. The first-order valence-electron chi connectivity index (χ1n) is 10.6. The van der Waals surface area contributed by atoms with Gasteiger partial charge >= 0.3 is 0 Å². The molecule has 0 aliphatic carbocycles. The number of rotatable bonds is 13. The Morgan fingerprint density at radius 3 is 2.19 bits per heavy atom. The Kier molecular flexibility index (Phi) is 9.97. The van der Waals surface area contributed by atoms with Crippen molar-refractivity contribution in [1.29, 1.82) is 0 Å². The number of benzene rings is 2. The van der Waals surface area contributed by atoms with Gasteiger partial charge in [-0.25, -0.2) is 8.42 Å². The summed E-state index contributed by atoms with van der Waals surface area (Å²) in [6, 6.07) is 13.2. The average Bonchev–Trinajstić information content (AvgIpc) is 2.77. The molecule has 0 bridgehead atoms. The summed E-state index contributed by atoms with van der Waals surface area (Å²) in [7, 11) is -3.56. The molecule has 0 radical (unpaired) electrons. The summed E-state index contributed by atoms with van der Waals surface area (Å²) >= 11 is 0. The topological polar surface area (TPSA) is 84.9 Å². The summed E-state index contributed by atoms with van der Waals surface area (Å²) in [5.74, 6) is 0.134. The molecule has 0 aliphatic rings. The van der Waals surface area contributed by atoms with Crippen LogP contribution in [0.3, 0.4) is 0 Å². The summed E-state index contributed by atoms with van der Waals surface area (Å²) in [6.07, 6.45) is 1.50. The lowest BCUT2D eigenvalue weighted by molar-refractivity contribution is 0.0998. The van der Waals surface area contributed by atoms with E-state index in [1.54, 1.807) is 36.4 Å². The summed E-state index contributed by atoms with van der Waals surface area (Å²) in [6.45, 7) is 8.16.